The van der Waals surface area contributed by atoms with E-state index in [1.165, 1.54) is 64.2 Å². The van der Waals surface area contributed by atoms with Gasteiger partial charge in [-0.1, -0.05) is 40.5 Å². The molecule has 0 unspecified atom stereocenters. The zero-order chi connectivity index (χ0) is 24.5. The van der Waals surface area contributed by atoms with E-state index in [2.05, 4.69) is 27.7 Å². The first-order chi connectivity index (χ1) is 15.9. The van der Waals surface area contributed by atoms with Crippen LogP contribution in [0.2, 0.25) is 0 Å². The van der Waals surface area contributed by atoms with Gasteiger partial charge in [-0.25, -0.2) is 0 Å². The molecular formula is C32H56O2. The lowest BCUT2D eigenvalue weighted by atomic mass is 9.43. The van der Waals surface area contributed by atoms with Crippen LogP contribution in [-0.4, -0.2) is 21.4 Å². The fourth-order valence-corrected chi connectivity index (χ4v) is 10.8. The molecule has 0 aliphatic heterocycles. The highest BCUT2D eigenvalue weighted by molar-refractivity contribution is 5.14. The molecular weight excluding hydrogens is 416 g/mol. The first-order valence-electron chi connectivity index (χ1n) is 15.3. The summed E-state index contributed by atoms with van der Waals surface area (Å²) in [5, 5.41) is 21.4. The molecule has 5 aliphatic rings. The summed E-state index contributed by atoms with van der Waals surface area (Å²) in [6, 6.07) is 0. The average molecular weight is 473 g/mol. The molecule has 5 saturated carbocycles. The summed E-state index contributed by atoms with van der Waals surface area (Å²) in [6.45, 7) is 14.1. The molecule has 0 aromatic heterocycles. The lowest BCUT2D eigenvalue weighted by Gasteiger charge is -2.63. The molecule has 0 spiro atoms. The van der Waals surface area contributed by atoms with E-state index in [1.807, 2.05) is 13.8 Å². The van der Waals surface area contributed by atoms with E-state index in [9.17, 15) is 10.2 Å². The van der Waals surface area contributed by atoms with E-state index in [4.69, 9.17) is 0 Å². The summed E-state index contributed by atoms with van der Waals surface area (Å²) in [4.78, 5) is 0. The maximum absolute atomic E-state index is 11.1. The second-order valence-electron chi connectivity index (χ2n) is 15.4. The van der Waals surface area contributed by atoms with Crippen LogP contribution < -0.4 is 0 Å². The molecule has 0 radical (unpaired) electrons. The Kier molecular flexibility index (Phi) is 6.58. The van der Waals surface area contributed by atoms with Gasteiger partial charge in [-0.05, 0) is 149 Å². The van der Waals surface area contributed by atoms with Crippen LogP contribution >= 0.6 is 0 Å². The predicted octanol–water partition coefficient (Wildman–Crippen LogP) is 8.00. The third kappa shape index (κ3) is 4.33. The standard InChI is InChI=1S/C32H56O2/c1-7-32(34)18-17-30(5)23(20-32)12-13-24-26(30)14-16-31(6)27(19-25(28(24)31)22-10-11-22)21(2)9-8-15-29(3,4)33/h21-28,33-34H,7-20H2,1-6H3/t21-,23+,24-,25-,26+,27-,28-,30+,31-,32+/m1/s1. The smallest absolute Gasteiger partial charge is 0.0648 e. The van der Waals surface area contributed by atoms with Gasteiger partial charge in [0.25, 0.3) is 0 Å². The number of aliphatic hydroxyl groups is 2. The Hall–Kier alpha value is -0.0800. The minimum absolute atomic E-state index is 0.381. The summed E-state index contributed by atoms with van der Waals surface area (Å²) in [5.74, 6) is 7.21. The summed E-state index contributed by atoms with van der Waals surface area (Å²) >= 11 is 0. The van der Waals surface area contributed by atoms with Gasteiger partial charge in [0.15, 0.2) is 0 Å². The number of rotatable bonds is 7. The molecule has 2 nitrogen and oxygen atoms in total. The van der Waals surface area contributed by atoms with Crippen LogP contribution in [0.1, 0.15) is 131 Å². The number of fused-ring (bicyclic) bond motifs is 5. The van der Waals surface area contributed by atoms with Gasteiger partial charge in [0.1, 0.15) is 0 Å². The van der Waals surface area contributed by atoms with E-state index in [0.717, 1.165) is 73.0 Å². The van der Waals surface area contributed by atoms with E-state index in [1.54, 1.807) is 0 Å². The molecule has 2 heteroatoms. The molecule has 0 aromatic carbocycles. The van der Waals surface area contributed by atoms with Crippen molar-refractivity contribution in [2.24, 2.45) is 58.2 Å². The van der Waals surface area contributed by atoms with Gasteiger partial charge in [-0.3, -0.25) is 0 Å². The first-order valence-corrected chi connectivity index (χ1v) is 15.3. The van der Waals surface area contributed by atoms with Crippen molar-refractivity contribution in [3.8, 4) is 0 Å². The fourth-order valence-electron chi connectivity index (χ4n) is 10.8. The van der Waals surface area contributed by atoms with Gasteiger partial charge in [-0.15, -0.1) is 0 Å². The lowest BCUT2D eigenvalue weighted by molar-refractivity contribution is -0.158. The van der Waals surface area contributed by atoms with Crippen LogP contribution in [-0.2, 0) is 0 Å². The molecule has 5 rings (SSSR count). The second-order valence-corrected chi connectivity index (χ2v) is 15.4. The van der Waals surface area contributed by atoms with Gasteiger partial charge < -0.3 is 10.2 Å². The molecule has 5 aliphatic carbocycles. The topological polar surface area (TPSA) is 40.5 Å². The molecule has 0 saturated heterocycles. The maximum Gasteiger partial charge on any atom is 0.0648 e. The summed E-state index contributed by atoms with van der Waals surface area (Å²) in [6.07, 6.45) is 17.9. The van der Waals surface area contributed by atoms with Crippen LogP contribution in [0.5, 0.6) is 0 Å². The van der Waals surface area contributed by atoms with Crippen molar-refractivity contribution < 1.29 is 10.2 Å². The summed E-state index contributed by atoms with van der Waals surface area (Å²) in [7, 11) is 0. The van der Waals surface area contributed by atoms with E-state index in [-0.39, 0.29) is 5.60 Å². The minimum atomic E-state index is -0.519. The van der Waals surface area contributed by atoms with Gasteiger partial charge in [-0.2, -0.15) is 0 Å². The summed E-state index contributed by atoms with van der Waals surface area (Å²) in [5.41, 5.74) is 0.100. The second kappa shape index (κ2) is 8.75. The SMILES string of the molecule is CC[C@]1(O)CC[C@@]2(C)[C@@H](CC[C@H]3[C@@H]4[C@@H](C5CC5)C[C@H]([C@H](C)CCCC(C)(C)O)[C@@]4(C)CC[C@@H]32)C1. The van der Waals surface area contributed by atoms with Crippen LogP contribution in [0.15, 0.2) is 0 Å². The number of hydrogen-bond donors (Lipinski definition) is 2. The number of hydrogen-bond acceptors (Lipinski definition) is 2. The molecule has 5 fully saturated rings. The minimum Gasteiger partial charge on any atom is -0.390 e. The Morgan fingerprint density at radius 3 is 2.32 bits per heavy atom. The maximum atomic E-state index is 11.1. The Labute approximate surface area is 211 Å². The molecule has 2 N–H and O–H groups in total. The molecule has 34 heavy (non-hydrogen) atoms. The summed E-state index contributed by atoms with van der Waals surface area (Å²) < 4.78 is 0. The van der Waals surface area contributed by atoms with Crippen LogP contribution in [0.3, 0.4) is 0 Å². The van der Waals surface area contributed by atoms with Crippen molar-refractivity contribution in [2.45, 2.75) is 143 Å². The third-order valence-electron chi connectivity index (χ3n) is 13.0. The van der Waals surface area contributed by atoms with Crippen LogP contribution in [0, 0.1) is 58.2 Å². The van der Waals surface area contributed by atoms with E-state index >= 15 is 0 Å². The molecule has 196 valence electrons. The van der Waals surface area contributed by atoms with E-state index in [0.29, 0.717) is 10.8 Å². The fraction of sp³-hybridized carbons (Fsp3) is 1.00. The quantitative estimate of drug-likeness (QED) is 0.394. The van der Waals surface area contributed by atoms with Crippen molar-refractivity contribution in [1.82, 2.24) is 0 Å². The molecule has 0 amide bonds. The monoisotopic (exact) mass is 472 g/mol. The highest BCUT2D eigenvalue weighted by Crippen LogP contribution is 2.72. The zero-order valence-electron chi connectivity index (χ0n) is 23.4. The normalized spacial score (nSPS) is 49.8. The van der Waals surface area contributed by atoms with Gasteiger partial charge in [0, 0.05) is 0 Å². The first kappa shape index (κ1) is 25.6. The van der Waals surface area contributed by atoms with Crippen LogP contribution in [0.4, 0.5) is 0 Å². The highest BCUT2D eigenvalue weighted by atomic mass is 16.3. The van der Waals surface area contributed by atoms with Gasteiger partial charge in [0.05, 0.1) is 11.2 Å². The Morgan fingerprint density at radius 1 is 0.941 bits per heavy atom. The molecule has 10 atom stereocenters. The van der Waals surface area contributed by atoms with Gasteiger partial charge in [0.2, 0.25) is 0 Å². The highest BCUT2D eigenvalue weighted by Gasteiger charge is 2.65. The largest absolute Gasteiger partial charge is 0.390 e. The van der Waals surface area contributed by atoms with Crippen molar-refractivity contribution in [3.05, 3.63) is 0 Å². The van der Waals surface area contributed by atoms with E-state index < -0.39 is 5.60 Å². The van der Waals surface area contributed by atoms with Crippen molar-refractivity contribution in [1.29, 1.82) is 0 Å². The van der Waals surface area contributed by atoms with Crippen molar-refractivity contribution in [3.63, 3.8) is 0 Å². The Morgan fingerprint density at radius 2 is 1.68 bits per heavy atom. The van der Waals surface area contributed by atoms with Crippen molar-refractivity contribution >= 4 is 0 Å². The zero-order valence-corrected chi connectivity index (χ0v) is 23.4. The van der Waals surface area contributed by atoms with Crippen molar-refractivity contribution in [2.75, 3.05) is 0 Å². The van der Waals surface area contributed by atoms with Crippen LogP contribution in [0.25, 0.3) is 0 Å². The molecule has 0 heterocycles. The Balaban J connectivity index is 1.36. The Bertz CT molecular complexity index is 736. The average Bonchev–Trinajstić information content (AvgIpc) is 3.55. The lowest BCUT2D eigenvalue weighted by Crippen LogP contribution is -2.56. The third-order valence-corrected chi connectivity index (χ3v) is 13.0. The van der Waals surface area contributed by atoms with Gasteiger partial charge >= 0.3 is 0 Å². The predicted molar refractivity (Wildman–Crippen MR) is 141 cm³/mol. The molecule has 0 bridgehead atoms. The molecule has 0 aromatic rings.